The zero-order valence-corrected chi connectivity index (χ0v) is 21.3. The highest BCUT2D eigenvalue weighted by Gasteiger charge is 2.31. The summed E-state index contributed by atoms with van der Waals surface area (Å²) in [6.45, 7) is 7.15. The van der Waals surface area contributed by atoms with E-state index in [1.165, 1.54) is 40.6 Å². The lowest BCUT2D eigenvalue weighted by Gasteiger charge is -2.35. The van der Waals surface area contributed by atoms with E-state index in [0.717, 1.165) is 43.4 Å². The third-order valence-electron chi connectivity index (χ3n) is 7.89. The Morgan fingerprint density at radius 2 is 2.11 bits per heavy atom. The number of rotatable bonds is 9. The molecule has 7 heteroatoms. The number of allylic oxidation sites excluding steroid dienone is 1. The lowest BCUT2D eigenvalue weighted by atomic mass is 9.79. The molecule has 0 saturated heterocycles. The molecule has 1 aromatic carbocycles. The predicted octanol–water partition coefficient (Wildman–Crippen LogP) is 5.14. The van der Waals surface area contributed by atoms with Gasteiger partial charge in [-0.15, -0.1) is 6.58 Å². The van der Waals surface area contributed by atoms with Crippen LogP contribution in [0.3, 0.4) is 0 Å². The molecule has 4 unspecified atom stereocenters. The van der Waals surface area contributed by atoms with Crippen molar-refractivity contribution in [3.05, 3.63) is 48.2 Å². The summed E-state index contributed by atoms with van der Waals surface area (Å²) in [7, 11) is 4.34. The first-order chi connectivity index (χ1) is 17.1. The van der Waals surface area contributed by atoms with Crippen molar-refractivity contribution in [2.75, 3.05) is 31.3 Å². The van der Waals surface area contributed by atoms with E-state index in [2.05, 4.69) is 82.1 Å². The number of nitrogens with one attached hydrogen (secondary N) is 4. The largest absolute Gasteiger partial charge is 0.383 e. The van der Waals surface area contributed by atoms with Gasteiger partial charge in [0.1, 0.15) is 0 Å². The molecule has 0 spiro atoms. The fraction of sp³-hybridized carbons (Fsp3) is 0.500. The lowest BCUT2D eigenvalue weighted by molar-refractivity contribution is 0.276. The van der Waals surface area contributed by atoms with E-state index in [0.29, 0.717) is 6.04 Å². The number of hydrazone groups is 1. The average molecular weight is 474 g/mol. The molecule has 2 aliphatic heterocycles. The number of benzene rings is 1. The van der Waals surface area contributed by atoms with Crippen LogP contribution in [0.5, 0.6) is 0 Å². The Morgan fingerprint density at radius 1 is 1.26 bits per heavy atom. The topological polar surface area (TPSA) is 80.4 Å². The van der Waals surface area contributed by atoms with E-state index in [-0.39, 0.29) is 18.0 Å². The van der Waals surface area contributed by atoms with Crippen molar-refractivity contribution in [3.63, 3.8) is 0 Å². The second-order valence-electron chi connectivity index (χ2n) is 10.2. The van der Waals surface area contributed by atoms with Crippen LogP contribution in [-0.4, -0.2) is 60.1 Å². The molecule has 3 heterocycles. The molecule has 35 heavy (non-hydrogen) atoms. The molecular formula is C28H39N7. The van der Waals surface area contributed by atoms with E-state index in [1.807, 2.05) is 18.5 Å². The molecule has 1 aliphatic carbocycles. The van der Waals surface area contributed by atoms with Gasteiger partial charge in [0.25, 0.3) is 0 Å². The van der Waals surface area contributed by atoms with Crippen molar-refractivity contribution in [2.45, 2.75) is 63.6 Å². The summed E-state index contributed by atoms with van der Waals surface area (Å²) >= 11 is 0. The standard InChI is InChI=1S/C28H39N7/c1-5-19(35(3)4)13-14-29-26-15-25-22(17-31-34-25)27-21-10-8-7-9-20(21)24(32-28(26)27)12-11-18-16-30-33-23(18)6-2/h6,11-12,15-19,23-24,29,32-33H,2,5,7-10,13-14H2,1,3-4H3,(H,31,34)/b12-11+. The zero-order valence-electron chi connectivity index (χ0n) is 21.3. The summed E-state index contributed by atoms with van der Waals surface area (Å²) in [5.41, 5.74) is 11.0. The van der Waals surface area contributed by atoms with E-state index >= 15 is 0 Å². The molecule has 7 nitrogen and oxygen atoms in total. The van der Waals surface area contributed by atoms with E-state index in [1.54, 1.807) is 0 Å². The fourth-order valence-corrected chi connectivity index (χ4v) is 5.87. The predicted molar refractivity (Wildman–Crippen MR) is 148 cm³/mol. The van der Waals surface area contributed by atoms with Crippen LogP contribution in [0.1, 0.15) is 51.0 Å². The Balaban J connectivity index is 1.49. The van der Waals surface area contributed by atoms with Gasteiger partial charge in [0, 0.05) is 35.7 Å². The Morgan fingerprint density at radius 3 is 2.91 bits per heavy atom. The van der Waals surface area contributed by atoms with E-state index in [9.17, 15) is 0 Å². The first kappa shape index (κ1) is 23.7. The molecule has 0 radical (unpaired) electrons. The third kappa shape index (κ3) is 4.61. The smallest absolute Gasteiger partial charge is 0.0730 e. The third-order valence-corrected chi connectivity index (χ3v) is 7.89. The minimum absolute atomic E-state index is 0.160. The van der Waals surface area contributed by atoms with Crippen LogP contribution in [-0.2, 0) is 0 Å². The Labute approximate surface area is 208 Å². The molecule has 0 amide bonds. The first-order valence-corrected chi connectivity index (χ1v) is 13.1. The Bertz CT molecular complexity index is 1160. The molecule has 0 fully saturated rings. The Kier molecular flexibility index (Phi) is 6.95. The second kappa shape index (κ2) is 10.3. The highest BCUT2D eigenvalue weighted by atomic mass is 15.3. The van der Waals surface area contributed by atoms with Crippen molar-refractivity contribution in [1.82, 2.24) is 20.5 Å². The number of anilines is 2. The second-order valence-corrected chi connectivity index (χ2v) is 10.2. The Hall–Kier alpha value is -3.06. The first-order valence-electron chi connectivity index (χ1n) is 13.1. The van der Waals surface area contributed by atoms with Crippen molar-refractivity contribution in [1.29, 1.82) is 0 Å². The summed E-state index contributed by atoms with van der Waals surface area (Å²) in [5, 5.41) is 20.8. The normalized spacial score (nSPS) is 24.4. The maximum Gasteiger partial charge on any atom is 0.0730 e. The highest BCUT2D eigenvalue weighted by Crippen LogP contribution is 2.48. The van der Waals surface area contributed by atoms with Gasteiger partial charge in [0.2, 0.25) is 0 Å². The van der Waals surface area contributed by atoms with Gasteiger partial charge in [0.05, 0.1) is 35.2 Å². The van der Waals surface area contributed by atoms with Gasteiger partial charge >= 0.3 is 0 Å². The maximum atomic E-state index is 4.40. The van der Waals surface area contributed by atoms with Crippen LogP contribution in [0.25, 0.3) is 16.5 Å². The molecule has 4 N–H and O–H groups in total. The number of H-pyrrole nitrogens is 1. The van der Waals surface area contributed by atoms with Crippen LogP contribution in [0.15, 0.2) is 47.7 Å². The van der Waals surface area contributed by atoms with Gasteiger partial charge in [0.15, 0.2) is 0 Å². The zero-order chi connectivity index (χ0) is 24.4. The molecule has 1 aromatic heterocycles. The molecule has 5 rings (SSSR count). The number of hydrogen-bond acceptors (Lipinski definition) is 6. The number of hydrogen-bond donors (Lipinski definition) is 4. The maximum absolute atomic E-state index is 4.40. The van der Waals surface area contributed by atoms with Crippen molar-refractivity contribution in [2.24, 2.45) is 11.0 Å². The number of aromatic nitrogens is 2. The van der Waals surface area contributed by atoms with Gasteiger partial charge in [-0.1, -0.05) is 25.2 Å². The number of fused-ring (bicyclic) bond motifs is 4. The average Bonchev–Trinajstić information content (AvgIpc) is 3.53. The summed E-state index contributed by atoms with van der Waals surface area (Å²) in [6.07, 6.45) is 17.5. The molecular weight excluding hydrogens is 434 g/mol. The highest BCUT2D eigenvalue weighted by molar-refractivity contribution is 6.05. The van der Waals surface area contributed by atoms with Crippen molar-refractivity contribution >= 4 is 34.1 Å². The van der Waals surface area contributed by atoms with Gasteiger partial charge in [-0.2, -0.15) is 10.2 Å². The number of aromatic amines is 1. The molecule has 0 bridgehead atoms. The number of nitrogens with zero attached hydrogens (tertiary/aromatic N) is 3. The van der Waals surface area contributed by atoms with Crippen molar-refractivity contribution in [3.8, 4) is 0 Å². The van der Waals surface area contributed by atoms with Crippen LogP contribution < -0.4 is 16.1 Å². The van der Waals surface area contributed by atoms with Gasteiger partial charge in [-0.05, 0) is 69.8 Å². The molecule has 3 aliphatic rings. The summed E-state index contributed by atoms with van der Waals surface area (Å²) in [6, 6.07) is 3.14. The molecule has 186 valence electrons. The van der Waals surface area contributed by atoms with Crippen LogP contribution in [0.2, 0.25) is 0 Å². The van der Waals surface area contributed by atoms with Crippen LogP contribution in [0, 0.1) is 5.92 Å². The van der Waals surface area contributed by atoms with Gasteiger partial charge in [-0.3, -0.25) is 5.10 Å². The summed E-state index contributed by atoms with van der Waals surface area (Å²) < 4.78 is 0. The van der Waals surface area contributed by atoms with Crippen LogP contribution in [0.4, 0.5) is 11.4 Å². The van der Waals surface area contributed by atoms with E-state index in [4.69, 9.17) is 0 Å². The van der Waals surface area contributed by atoms with Gasteiger partial charge in [-0.25, -0.2) is 0 Å². The molecule has 0 saturated carbocycles. The fourth-order valence-electron chi connectivity index (χ4n) is 5.87. The quantitative estimate of drug-likeness (QED) is 0.379. The summed E-state index contributed by atoms with van der Waals surface area (Å²) in [5.74, 6) is 0.231. The minimum atomic E-state index is 0.160. The monoisotopic (exact) mass is 473 g/mol. The summed E-state index contributed by atoms with van der Waals surface area (Å²) in [4.78, 5) is 2.32. The lowest BCUT2D eigenvalue weighted by Crippen LogP contribution is -2.30. The van der Waals surface area contributed by atoms with Crippen molar-refractivity contribution < 1.29 is 0 Å². The van der Waals surface area contributed by atoms with Gasteiger partial charge < -0.3 is 21.0 Å². The van der Waals surface area contributed by atoms with Crippen LogP contribution >= 0.6 is 0 Å². The molecule has 2 aromatic rings. The molecule has 4 atom stereocenters. The minimum Gasteiger partial charge on any atom is -0.383 e. The van der Waals surface area contributed by atoms with E-state index < -0.39 is 0 Å². The SMILES string of the molecule is C=CC1NN=CC1/C=C/C1Nc2c(NCCC(CC)N(C)C)cc3[nH]ncc3c2C2=C1CCCC2.